The molecule has 0 saturated heterocycles. The molecule has 10 nitrogen and oxygen atoms in total. The number of carbonyl (C=O) groups excluding carboxylic acids is 2. The number of nitrogens with zero attached hydrogens (tertiary/aromatic N) is 6. The number of benzene rings is 2. The molecule has 0 aliphatic rings. The Bertz CT molecular complexity index is 1650. The number of carbonyl (C=O) groups is 2. The van der Waals surface area contributed by atoms with Gasteiger partial charge in [-0.2, -0.15) is 0 Å². The molecular weight excluding hydrogens is 604 g/mol. The van der Waals surface area contributed by atoms with Gasteiger partial charge in [-0.3, -0.25) is 9.59 Å². The van der Waals surface area contributed by atoms with E-state index in [9.17, 15) is 19.8 Å². The van der Waals surface area contributed by atoms with Crippen LogP contribution in [-0.4, -0.2) is 31.2 Å². The first-order valence-corrected chi connectivity index (χ1v) is 17.5. The van der Waals surface area contributed by atoms with Crippen molar-refractivity contribution in [2.45, 2.75) is 119 Å². The van der Waals surface area contributed by atoms with Crippen LogP contribution in [0.3, 0.4) is 0 Å². The van der Waals surface area contributed by atoms with Gasteiger partial charge in [0.05, 0.1) is 11.0 Å². The lowest BCUT2D eigenvalue weighted by Crippen LogP contribution is -2.00. The van der Waals surface area contributed by atoms with Gasteiger partial charge in [0, 0.05) is 36.7 Å². The van der Waals surface area contributed by atoms with Gasteiger partial charge in [-0.05, 0) is 75.6 Å². The van der Waals surface area contributed by atoms with Crippen LogP contribution in [0, 0.1) is 25.7 Å². The van der Waals surface area contributed by atoms with E-state index < -0.39 is 0 Å². The van der Waals surface area contributed by atoms with Crippen molar-refractivity contribution in [1.29, 1.82) is 0 Å². The van der Waals surface area contributed by atoms with Crippen molar-refractivity contribution >= 4 is 45.0 Å². The Morgan fingerprint density at radius 1 is 0.625 bits per heavy atom. The van der Waals surface area contributed by atoms with Gasteiger partial charge in [0.25, 0.3) is 11.8 Å². The molecular formula is C38H52N6O4. The largest absolute Gasteiger partial charge is 0.493 e. The standard InChI is InChI=1S/C38H52N6O4/c1-25(2)19-21-43-31-17-15-27(5)23-29(31)35(37(43)47)41-39-33(45)13-11-9-7-8-10-12-14-34(46)40-42-36-30-24-28(6)16-18-32(30)44(38(36)48)22-20-26(3)4/h15-18,23-26,47-48H,7-14,19-22H2,1-6H3. The third-order valence-corrected chi connectivity index (χ3v) is 8.75. The van der Waals surface area contributed by atoms with E-state index >= 15 is 0 Å². The molecule has 258 valence electrons. The zero-order chi connectivity index (χ0) is 34.8. The van der Waals surface area contributed by atoms with E-state index in [0.29, 0.717) is 62.0 Å². The summed E-state index contributed by atoms with van der Waals surface area (Å²) in [5.74, 6) is 0.472. The monoisotopic (exact) mass is 656 g/mol. The number of fused-ring (bicyclic) bond motifs is 2. The number of aryl methyl sites for hydroxylation is 4. The van der Waals surface area contributed by atoms with Gasteiger partial charge in [0.15, 0.2) is 11.4 Å². The second kappa shape index (κ2) is 17.2. The molecule has 2 aromatic carbocycles. The predicted octanol–water partition coefficient (Wildman–Crippen LogP) is 10.8. The first kappa shape index (κ1) is 36.5. The second-order valence-electron chi connectivity index (χ2n) is 13.9. The average molecular weight is 657 g/mol. The Morgan fingerprint density at radius 3 is 1.38 bits per heavy atom. The van der Waals surface area contributed by atoms with Gasteiger partial charge < -0.3 is 19.3 Å². The third-order valence-electron chi connectivity index (χ3n) is 8.75. The van der Waals surface area contributed by atoms with Gasteiger partial charge in [-0.15, -0.1) is 20.5 Å². The maximum atomic E-state index is 12.5. The molecule has 4 rings (SSSR count). The summed E-state index contributed by atoms with van der Waals surface area (Å²) in [5.41, 5.74) is 4.57. The molecule has 0 fully saturated rings. The van der Waals surface area contributed by atoms with E-state index in [2.05, 4.69) is 48.2 Å². The maximum Gasteiger partial charge on any atom is 0.264 e. The number of aromatic nitrogens is 2. The van der Waals surface area contributed by atoms with Gasteiger partial charge in [-0.25, -0.2) is 0 Å². The highest BCUT2D eigenvalue weighted by molar-refractivity contribution is 5.96. The van der Waals surface area contributed by atoms with Crippen LogP contribution in [-0.2, 0) is 22.7 Å². The van der Waals surface area contributed by atoms with E-state index in [-0.39, 0.29) is 23.6 Å². The Balaban J connectivity index is 1.19. The van der Waals surface area contributed by atoms with Crippen LogP contribution < -0.4 is 0 Å². The minimum atomic E-state index is -0.301. The van der Waals surface area contributed by atoms with E-state index in [1.807, 2.05) is 59.4 Å². The fourth-order valence-corrected chi connectivity index (χ4v) is 5.87. The van der Waals surface area contributed by atoms with Gasteiger partial charge in [0.1, 0.15) is 0 Å². The summed E-state index contributed by atoms with van der Waals surface area (Å²) in [4.78, 5) is 24.9. The second-order valence-corrected chi connectivity index (χ2v) is 13.9. The maximum absolute atomic E-state index is 12.5. The minimum Gasteiger partial charge on any atom is -0.493 e. The molecule has 48 heavy (non-hydrogen) atoms. The van der Waals surface area contributed by atoms with Gasteiger partial charge in [-0.1, -0.05) is 76.6 Å². The Morgan fingerprint density at radius 2 is 1.00 bits per heavy atom. The summed E-state index contributed by atoms with van der Waals surface area (Å²) in [6.45, 7) is 13.9. The van der Waals surface area contributed by atoms with Crippen molar-refractivity contribution < 1.29 is 19.8 Å². The topological polar surface area (TPSA) is 134 Å². The number of rotatable bonds is 17. The molecule has 2 heterocycles. The van der Waals surface area contributed by atoms with Crippen molar-refractivity contribution in [3.63, 3.8) is 0 Å². The third kappa shape index (κ3) is 9.61. The predicted molar refractivity (Wildman–Crippen MR) is 192 cm³/mol. The van der Waals surface area contributed by atoms with Crippen LogP contribution in [0.1, 0.15) is 103 Å². The summed E-state index contributed by atoms with van der Waals surface area (Å²) in [5, 5.41) is 39.7. The quantitative estimate of drug-likeness (QED) is 0.0863. The zero-order valence-electron chi connectivity index (χ0n) is 29.5. The Hall–Kier alpha value is -4.34. The minimum absolute atomic E-state index is 0.0469. The molecule has 0 aliphatic heterocycles. The normalized spacial score (nSPS) is 12.2. The van der Waals surface area contributed by atoms with Gasteiger partial charge >= 0.3 is 0 Å². The summed E-state index contributed by atoms with van der Waals surface area (Å²) >= 11 is 0. The molecule has 2 aromatic heterocycles. The average Bonchev–Trinajstić information content (AvgIpc) is 3.45. The van der Waals surface area contributed by atoms with E-state index in [4.69, 9.17) is 0 Å². The van der Waals surface area contributed by atoms with Crippen LogP contribution >= 0.6 is 0 Å². The van der Waals surface area contributed by atoms with Crippen molar-refractivity contribution in [3.05, 3.63) is 47.5 Å². The number of unbranched alkanes of at least 4 members (excludes halogenated alkanes) is 5. The number of azo groups is 2. The Labute approximate surface area is 284 Å². The molecule has 0 bridgehead atoms. The molecule has 10 heteroatoms. The Kier molecular flexibility index (Phi) is 13.1. The van der Waals surface area contributed by atoms with Crippen molar-refractivity contribution in [1.82, 2.24) is 9.13 Å². The fourth-order valence-electron chi connectivity index (χ4n) is 5.87. The van der Waals surface area contributed by atoms with Crippen molar-refractivity contribution in [3.8, 4) is 11.8 Å². The van der Waals surface area contributed by atoms with Crippen LogP contribution in [0.15, 0.2) is 56.9 Å². The number of hydrogen-bond donors (Lipinski definition) is 2. The van der Waals surface area contributed by atoms with Crippen LogP contribution in [0.4, 0.5) is 11.4 Å². The molecule has 0 spiro atoms. The number of aromatic hydroxyl groups is 2. The first-order valence-electron chi connectivity index (χ1n) is 17.5. The summed E-state index contributed by atoms with van der Waals surface area (Å²) < 4.78 is 3.70. The first-order chi connectivity index (χ1) is 23.0. The lowest BCUT2D eigenvalue weighted by molar-refractivity contribution is -0.119. The van der Waals surface area contributed by atoms with Crippen LogP contribution in [0.2, 0.25) is 0 Å². The van der Waals surface area contributed by atoms with Crippen LogP contribution in [0.25, 0.3) is 21.8 Å². The van der Waals surface area contributed by atoms with Crippen molar-refractivity contribution in [2.24, 2.45) is 32.3 Å². The molecule has 2 amide bonds. The lowest BCUT2D eigenvalue weighted by atomic mass is 10.1. The summed E-state index contributed by atoms with van der Waals surface area (Å²) in [6.07, 6.45) is 7.51. The van der Waals surface area contributed by atoms with E-state index in [0.717, 1.165) is 71.5 Å². The van der Waals surface area contributed by atoms with Gasteiger partial charge in [0.2, 0.25) is 11.8 Å². The smallest absolute Gasteiger partial charge is 0.264 e. The van der Waals surface area contributed by atoms with E-state index in [1.165, 1.54) is 0 Å². The molecule has 0 unspecified atom stereocenters. The van der Waals surface area contributed by atoms with Crippen molar-refractivity contribution in [2.75, 3.05) is 0 Å². The molecule has 0 radical (unpaired) electrons. The summed E-state index contributed by atoms with van der Waals surface area (Å²) in [7, 11) is 0. The zero-order valence-corrected chi connectivity index (χ0v) is 29.5. The highest BCUT2D eigenvalue weighted by Gasteiger charge is 2.19. The number of amides is 2. The fraction of sp³-hybridized carbons (Fsp3) is 0.526. The van der Waals surface area contributed by atoms with E-state index in [1.54, 1.807) is 0 Å². The highest BCUT2D eigenvalue weighted by atomic mass is 16.3. The SMILES string of the molecule is Cc1ccc2c(c1)c(N=NC(=O)CCCCCCCCC(=O)N=Nc1c(O)n(CCC(C)C)c3ccc(C)cc13)c(O)n2CCC(C)C. The lowest BCUT2D eigenvalue weighted by Gasteiger charge is -2.09. The van der Waals surface area contributed by atoms with Crippen LogP contribution in [0.5, 0.6) is 11.8 Å². The molecule has 0 aliphatic carbocycles. The number of hydrogen-bond acceptors (Lipinski definition) is 6. The molecule has 0 saturated carbocycles. The summed E-state index contributed by atoms with van der Waals surface area (Å²) in [6, 6.07) is 11.9. The molecule has 4 aromatic rings. The molecule has 2 N–H and O–H groups in total. The highest BCUT2D eigenvalue weighted by Crippen LogP contribution is 2.41. The molecule has 0 atom stereocenters.